The third-order valence-corrected chi connectivity index (χ3v) is 6.05. The van der Waals surface area contributed by atoms with Gasteiger partial charge in [-0.1, -0.05) is 84.3 Å². The van der Waals surface area contributed by atoms with E-state index in [1.54, 1.807) is 0 Å². The molecule has 1 fully saturated rings. The van der Waals surface area contributed by atoms with E-state index in [1.165, 1.54) is 56.3 Å². The standard InChI is InChI=1S/C25H45NO4/c1-4-5-6-7-8-9-10-11-12-13-14-15-16-17-18-22(19-27)24(28)26-23(21(2)3)20-30-25(26)29/h11-12,21-23,27H,4-10,13-20H2,1-3H3/b12-11-/t22-,23-/m1/s1. The molecule has 1 aliphatic heterocycles. The molecule has 2 atom stereocenters. The molecule has 0 radical (unpaired) electrons. The molecule has 0 aromatic carbocycles. The number of ether oxygens (including phenoxy) is 1. The van der Waals surface area contributed by atoms with Crippen molar-refractivity contribution in [3.05, 3.63) is 12.2 Å². The van der Waals surface area contributed by atoms with Crippen molar-refractivity contribution in [1.29, 1.82) is 0 Å². The Morgan fingerprint density at radius 1 is 1.03 bits per heavy atom. The summed E-state index contributed by atoms with van der Waals surface area (Å²) in [6, 6.07) is -0.220. The summed E-state index contributed by atoms with van der Waals surface area (Å²) < 4.78 is 5.06. The summed E-state index contributed by atoms with van der Waals surface area (Å²) in [5.74, 6) is -0.640. The van der Waals surface area contributed by atoms with Crippen molar-refractivity contribution in [2.24, 2.45) is 11.8 Å². The molecule has 30 heavy (non-hydrogen) atoms. The minimum absolute atomic E-state index is 0.147. The maximum atomic E-state index is 12.7. The molecule has 0 bridgehead atoms. The number of hydrogen-bond acceptors (Lipinski definition) is 4. The topological polar surface area (TPSA) is 66.8 Å². The zero-order valence-electron chi connectivity index (χ0n) is 19.6. The number of aliphatic hydroxyl groups excluding tert-OH is 1. The van der Waals surface area contributed by atoms with Gasteiger partial charge in [-0.2, -0.15) is 0 Å². The zero-order chi connectivity index (χ0) is 22.2. The number of cyclic esters (lactones) is 1. The molecule has 174 valence electrons. The van der Waals surface area contributed by atoms with Gasteiger partial charge in [0.25, 0.3) is 0 Å². The first-order chi connectivity index (χ1) is 14.5. The molecular weight excluding hydrogens is 378 g/mol. The molecule has 1 heterocycles. The Morgan fingerprint density at radius 2 is 1.60 bits per heavy atom. The van der Waals surface area contributed by atoms with Gasteiger partial charge in [0.1, 0.15) is 6.61 Å². The second-order valence-electron chi connectivity index (χ2n) is 9.00. The second-order valence-corrected chi connectivity index (χ2v) is 9.00. The van der Waals surface area contributed by atoms with Crippen molar-refractivity contribution in [3.63, 3.8) is 0 Å². The van der Waals surface area contributed by atoms with E-state index < -0.39 is 12.0 Å². The summed E-state index contributed by atoms with van der Waals surface area (Å²) in [6.45, 7) is 6.24. The van der Waals surface area contributed by atoms with Crippen molar-refractivity contribution < 1.29 is 19.4 Å². The highest BCUT2D eigenvalue weighted by Gasteiger charge is 2.41. The number of rotatable bonds is 17. The number of aliphatic hydroxyl groups is 1. The fourth-order valence-electron chi connectivity index (χ4n) is 3.95. The SMILES string of the molecule is CCCCCCCC/C=C\CCCCCC[C@H](CO)C(=O)N1C(=O)OC[C@@H]1C(C)C. The fourth-order valence-corrected chi connectivity index (χ4v) is 3.95. The molecule has 2 amide bonds. The second kappa shape index (κ2) is 16.3. The summed E-state index contributed by atoms with van der Waals surface area (Å²) in [4.78, 5) is 25.9. The summed E-state index contributed by atoms with van der Waals surface area (Å²) in [7, 11) is 0. The van der Waals surface area contributed by atoms with Gasteiger partial charge in [0.15, 0.2) is 0 Å². The number of nitrogens with zero attached hydrogens (tertiary/aromatic N) is 1. The van der Waals surface area contributed by atoms with Gasteiger partial charge in [-0.05, 0) is 38.0 Å². The van der Waals surface area contributed by atoms with Crippen molar-refractivity contribution in [1.82, 2.24) is 4.90 Å². The highest BCUT2D eigenvalue weighted by molar-refractivity contribution is 5.94. The lowest BCUT2D eigenvalue weighted by molar-refractivity contribution is -0.135. The average Bonchev–Trinajstić information content (AvgIpc) is 3.12. The number of hydrogen-bond donors (Lipinski definition) is 1. The molecule has 0 unspecified atom stereocenters. The Bertz CT molecular complexity index is 503. The maximum Gasteiger partial charge on any atom is 0.416 e. The first kappa shape index (κ1) is 26.7. The maximum absolute atomic E-state index is 12.7. The third-order valence-electron chi connectivity index (χ3n) is 6.05. The highest BCUT2D eigenvalue weighted by atomic mass is 16.6. The molecule has 1 saturated heterocycles. The van der Waals surface area contributed by atoms with Gasteiger partial charge >= 0.3 is 6.09 Å². The highest BCUT2D eigenvalue weighted by Crippen LogP contribution is 2.24. The molecule has 1 rings (SSSR count). The number of carbonyl (C=O) groups excluding carboxylic acids is 2. The van der Waals surface area contributed by atoms with Gasteiger partial charge in [-0.25, -0.2) is 9.69 Å². The normalized spacial score (nSPS) is 17.8. The van der Waals surface area contributed by atoms with Crippen LogP contribution in [0.2, 0.25) is 0 Å². The van der Waals surface area contributed by atoms with Crippen LogP contribution in [0.3, 0.4) is 0 Å². The number of unbranched alkanes of at least 4 members (excludes halogenated alkanes) is 10. The Labute approximate surface area is 184 Å². The molecule has 5 nitrogen and oxygen atoms in total. The smallest absolute Gasteiger partial charge is 0.416 e. The van der Waals surface area contributed by atoms with Gasteiger partial charge in [0.2, 0.25) is 5.91 Å². The van der Waals surface area contributed by atoms with Crippen molar-refractivity contribution in [2.75, 3.05) is 13.2 Å². The van der Waals surface area contributed by atoms with Crippen LogP contribution >= 0.6 is 0 Å². The van der Waals surface area contributed by atoms with Gasteiger partial charge in [0, 0.05) is 0 Å². The molecule has 0 aliphatic carbocycles. The Morgan fingerprint density at radius 3 is 2.17 bits per heavy atom. The summed E-state index contributed by atoms with van der Waals surface area (Å²) in [6.07, 6.45) is 19.3. The van der Waals surface area contributed by atoms with E-state index in [0.717, 1.165) is 25.7 Å². The number of carbonyl (C=O) groups is 2. The first-order valence-electron chi connectivity index (χ1n) is 12.3. The lowest BCUT2D eigenvalue weighted by atomic mass is 9.97. The minimum atomic E-state index is -0.565. The predicted molar refractivity (Wildman–Crippen MR) is 122 cm³/mol. The van der Waals surface area contributed by atoms with E-state index in [0.29, 0.717) is 6.42 Å². The van der Waals surface area contributed by atoms with Gasteiger partial charge in [0.05, 0.1) is 18.6 Å². The molecule has 0 saturated carbocycles. The van der Waals surface area contributed by atoms with Crippen LogP contribution in [-0.4, -0.2) is 41.3 Å². The van der Waals surface area contributed by atoms with Crippen LogP contribution in [0.4, 0.5) is 4.79 Å². The fraction of sp³-hybridized carbons (Fsp3) is 0.840. The van der Waals surface area contributed by atoms with Crippen LogP contribution in [0, 0.1) is 11.8 Å². The van der Waals surface area contributed by atoms with Crippen LogP contribution in [0.25, 0.3) is 0 Å². The summed E-state index contributed by atoms with van der Waals surface area (Å²) in [5.41, 5.74) is 0. The van der Waals surface area contributed by atoms with E-state index in [2.05, 4.69) is 19.1 Å². The Hall–Kier alpha value is -1.36. The molecule has 0 spiro atoms. The van der Waals surface area contributed by atoms with Crippen molar-refractivity contribution >= 4 is 12.0 Å². The van der Waals surface area contributed by atoms with E-state index in [-0.39, 0.29) is 31.1 Å². The molecule has 0 aromatic rings. The zero-order valence-corrected chi connectivity index (χ0v) is 19.6. The molecule has 0 aromatic heterocycles. The number of amides is 2. The van der Waals surface area contributed by atoms with E-state index in [1.807, 2.05) is 13.8 Å². The largest absolute Gasteiger partial charge is 0.447 e. The molecule has 1 N–H and O–H groups in total. The van der Waals surface area contributed by atoms with E-state index in [9.17, 15) is 14.7 Å². The Kier molecular flexibility index (Phi) is 14.5. The van der Waals surface area contributed by atoms with Crippen LogP contribution in [0.15, 0.2) is 12.2 Å². The quantitative estimate of drug-likeness (QED) is 0.222. The van der Waals surface area contributed by atoms with Gasteiger partial charge < -0.3 is 9.84 Å². The van der Waals surface area contributed by atoms with E-state index >= 15 is 0 Å². The van der Waals surface area contributed by atoms with Crippen LogP contribution in [-0.2, 0) is 9.53 Å². The van der Waals surface area contributed by atoms with Crippen LogP contribution in [0.5, 0.6) is 0 Å². The summed E-state index contributed by atoms with van der Waals surface area (Å²) in [5, 5.41) is 9.66. The van der Waals surface area contributed by atoms with Crippen LogP contribution in [0.1, 0.15) is 104 Å². The molecular formula is C25H45NO4. The lowest BCUT2D eigenvalue weighted by Crippen LogP contribution is -2.45. The van der Waals surface area contributed by atoms with Gasteiger partial charge in [-0.15, -0.1) is 0 Å². The summed E-state index contributed by atoms with van der Waals surface area (Å²) >= 11 is 0. The predicted octanol–water partition coefficient (Wildman–Crippen LogP) is 6.25. The number of allylic oxidation sites excluding steroid dienone is 2. The monoisotopic (exact) mass is 423 g/mol. The average molecular weight is 424 g/mol. The number of imide groups is 1. The molecule has 5 heteroatoms. The van der Waals surface area contributed by atoms with Crippen LogP contribution < -0.4 is 0 Å². The third kappa shape index (κ3) is 10.1. The minimum Gasteiger partial charge on any atom is -0.447 e. The van der Waals surface area contributed by atoms with E-state index in [4.69, 9.17) is 4.74 Å². The van der Waals surface area contributed by atoms with Gasteiger partial charge in [-0.3, -0.25) is 4.79 Å². The van der Waals surface area contributed by atoms with Crippen molar-refractivity contribution in [2.45, 2.75) is 110 Å². The molecule has 1 aliphatic rings. The van der Waals surface area contributed by atoms with Crippen molar-refractivity contribution in [3.8, 4) is 0 Å². The first-order valence-corrected chi connectivity index (χ1v) is 12.3. The Balaban J connectivity index is 2.12. The lowest BCUT2D eigenvalue weighted by Gasteiger charge is -2.26.